The number of carbonyl (C=O) groups excluding carboxylic acids is 1. The number of carbonyl (C=O) groups is 1. The third kappa shape index (κ3) is 3.04. The van der Waals surface area contributed by atoms with Gasteiger partial charge in [-0.05, 0) is 42.3 Å². The quantitative estimate of drug-likeness (QED) is 0.787. The van der Waals surface area contributed by atoms with Crippen LogP contribution in [0.2, 0.25) is 0 Å². The SMILES string of the molecule is O=C(Nc1cccc(Cn2cccn2)c1)C1CC1c1ccco1. The van der Waals surface area contributed by atoms with Gasteiger partial charge in [-0.3, -0.25) is 9.48 Å². The number of rotatable bonds is 5. The molecule has 2 aromatic heterocycles. The van der Waals surface area contributed by atoms with E-state index in [0.717, 1.165) is 23.4 Å². The van der Waals surface area contributed by atoms with Crippen LogP contribution in [0.5, 0.6) is 0 Å². The highest BCUT2D eigenvalue weighted by Crippen LogP contribution is 2.48. The van der Waals surface area contributed by atoms with E-state index in [1.165, 1.54) is 0 Å². The number of nitrogens with zero attached hydrogens (tertiary/aromatic N) is 2. The van der Waals surface area contributed by atoms with E-state index in [4.69, 9.17) is 4.42 Å². The largest absolute Gasteiger partial charge is 0.469 e. The predicted octanol–water partition coefficient (Wildman–Crippen LogP) is 3.27. The summed E-state index contributed by atoms with van der Waals surface area (Å²) in [6.45, 7) is 0.690. The van der Waals surface area contributed by atoms with Gasteiger partial charge in [0.15, 0.2) is 0 Å². The zero-order valence-electron chi connectivity index (χ0n) is 12.6. The lowest BCUT2D eigenvalue weighted by Crippen LogP contribution is -2.14. The summed E-state index contributed by atoms with van der Waals surface area (Å²) in [5, 5.41) is 7.20. The molecular formula is C18H17N3O2. The van der Waals surface area contributed by atoms with Gasteiger partial charge >= 0.3 is 0 Å². The fourth-order valence-electron chi connectivity index (χ4n) is 2.86. The van der Waals surface area contributed by atoms with Crippen molar-refractivity contribution in [2.45, 2.75) is 18.9 Å². The van der Waals surface area contributed by atoms with Gasteiger partial charge in [-0.2, -0.15) is 5.10 Å². The number of aromatic nitrogens is 2. The smallest absolute Gasteiger partial charge is 0.228 e. The number of amides is 1. The number of hydrogen-bond acceptors (Lipinski definition) is 3. The van der Waals surface area contributed by atoms with Crippen molar-refractivity contribution in [1.29, 1.82) is 0 Å². The Bertz CT molecular complexity index is 794. The molecule has 116 valence electrons. The van der Waals surface area contributed by atoms with Crippen LogP contribution in [0.3, 0.4) is 0 Å². The maximum atomic E-state index is 12.3. The van der Waals surface area contributed by atoms with Crippen molar-refractivity contribution in [3.05, 3.63) is 72.4 Å². The molecule has 2 heterocycles. The second-order valence-electron chi connectivity index (χ2n) is 5.86. The van der Waals surface area contributed by atoms with E-state index in [0.29, 0.717) is 6.54 Å². The molecule has 0 bridgehead atoms. The van der Waals surface area contributed by atoms with Crippen molar-refractivity contribution in [2.75, 3.05) is 5.32 Å². The summed E-state index contributed by atoms with van der Waals surface area (Å²) < 4.78 is 7.23. The van der Waals surface area contributed by atoms with Crippen molar-refractivity contribution < 1.29 is 9.21 Å². The Morgan fingerprint density at radius 3 is 3.04 bits per heavy atom. The van der Waals surface area contributed by atoms with Crippen LogP contribution in [0.4, 0.5) is 5.69 Å². The molecule has 1 aromatic carbocycles. The van der Waals surface area contributed by atoms with E-state index < -0.39 is 0 Å². The molecule has 1 aliphatic carbocycles. The summed E-state index contributed by atoms with van der Waals surface area (Å²) in [5.41, 5.74) is 1.93. The van der Waals surface area contributed by atoms with Gasteiger partial charge in [0.1, 0.15) is 5.76 Å². The maximum absolute atomic E-state index is 12.3. The monoisotopic (exact) mass is 307 g/mol. The molecule has 3 aromatic rings. The van der Waals surface area contributed by atoms with Gasteiger partial charge in [0.25, 0.3) is 0 Å². The molecule has 23 heavy (non-hydrogen) atoms. The van der Waals surface area contributed by atoms with Gasteiger partial charge in [0, 0.05) is 29.9 Å². The zero-order chi connectivity index (χ0) is 15.6. The van der Waals surface area contributed by atoms with Crippen LogP contribution in [0.1, 0.15) is 23.7 Å². The Labute approximate surface area is 133 Å². The molecule has 1 fully saturated rings. The first-order chi connectivity index (χ1) is 11.3. The van der Waals surface area contributed by atoms with Crippen molar-refractivity contribution >= 4 is 11.6 Å². The summed E-state index contributed by atoms with van der Waals surface area (Å²) in [5.74, 6) is 1.19. The summed E-state index contributed by atoms with van der Waals surface area (Å²) in [6, 6.07) is 13.6. The fraction of sp³-hybridized carbons (Fsp3) is 0.222. The van der Waals surface area contributed by atoms with E-state index in [1.807, 2.05) is 53.3 Å². The summed E-state index contributed by atoms with van der Waals surface area (Å²) >= 11 is 0. The van der Waals surface area contributed by atoms with Crippen molar-refractivity contribution in [3.63, 3.8) is 0 Å². The minimum Gasteiger partial charge on any atom is -0.469 e. The molecule has 0 aliphatic heterocycles. The summed E-state index contributed by atoms with van der Waals surface area (Å²) in [7, 11) is 0. The molecule has 1 saturated carbocycles. The van der Waals surface area contributed by atoms with E-state index in [9.17, 15) is 4.79 Å². The highest BCUT2D eigenvalue weighted by molar-refractivity contribution is 5.95. The van der Waals surface area contributed by atoms with Crippen LogP contribution in [0, 0.1) is 5.92 Å². The lowest BCUT2D eigenvalue weighted by atomic mass is 10.2. The Balaban J connectivity index is 1.40. The Hall–Kier alpha value is -2.82. The standard InChI is InChI=1S/C18H17N3O2/c22-18(16-11-15(16)17-6-2-9-23-17)20-14-5-1-4-13(10-14)12-21-8-3-7-19-21/h1-10,15-16H,11-12H2,(H,20,22). The maximum Gasteiger partial charge on any atom is 0.228 e. The van der Waals surface area contributed by atoms with Gasteiger partial charge in [0.2, 0.25) is 5.91 Å². The van der Waals surface area contributed by atoms with Gasteiger partial charge in [-0.1, -0.05) is 12.1 Å². The van der Waals surface area contributed by atoms with Crippen LogP contribution in [-0.4, -0.2) is 15.7 Å². The molecule has 5 heteroatoms. The highest BCUT2D eigenvalue weighted by Gasteiger charge is 2.45. The topological polar surface area (TPSA) is 60.1 Å². The number of nitrogens with one attached hydrogen (secondary N) is 1. The molecule has 4 rings (SSSR count). The van der Waals surface area contributed by atoms with Gasteiger partial charge < -0.3 is 9.73 Å². The Morgan fingerprint density at radius 2 is 2.26 bits per heavy atom. The van der Waals surface area contributed by atoms with E-state index in [1.54, 1.807) is 12.5 Å². The van der Waals surface area contributed by atoms with E-state index in [2.05, 4.69) is 10.4 Å². The minimum atomic E-state index is 0.0101. The fourth-order valence-corrected chi connectivity index (χ4v) is 2.86. The Morgan fingerprint density at radius 1 is 1.30 bits per heavy atom. The molecule has 1 aliphatic rings. The number of benzene rings is 1. The van der Waals surface area contributed by atoms with Crippen LogP contribution in [0.15, 0.2) is 65.5 Å². The number of hydrogen-bond donors (Lipinski definition) is 1. The third-order valence-electron chi connectivity index (χ3n) is 4.13. The van der Waals surface area contributed by atoms with Gasteiger partial charge in [-0.15, -0.1) is 0 Å². The molecule has 2 atom stereocenters. The first kappa shape index (κ1) is 13.8. The molecule has 5 nitrogen and oxygen atoms in total. The molecule has 1 amide bonds. The van der Waals surface area contributed by atoms with E-state index >= 15 is 0 Å². The lowest BCUT2D eigenvalue weighted by Gasteiger charge is -2.07. The van der Waals surface area contributed by atoms with Crippen LogP contribution >= 0.6 is 0 Å². The predicted molar refractivity (Wildman–Crippen MR) is 86.0 cm³/mol. The van der Waals surface area contributed by atoms with Crippen LogP contribution in [0.25, 0.3) is 0 Å². The average molecular weight is 307 g/mol. The average Bonchev–Trinajstić information content (AvgIpc) is 2.96. The highest BCUT2D eigenvalue weighted by atomic mass is 16.3. The summed E-state index contributed by atoms with van der Waals surface area (Å²) in [4.78, 5) is 12.3. The van der Waals surface area contributed by atoms with Gasteiger partial charge in [-0.25, -0.2) is 0 Å². The first-order valence-corrected chi connectivity index (χ1v) is 7.70. The summed E-state index contributed by atoms with van der Waals surface area (Å²) in [6.07, 6.45) is 6.19. The third-order valence-corrected chi connectivity index (χ3v) is 4.13. The van der Waals surface area contributed by atoms with Crippen molar-refractivity contribution in [2.24, 2.45) is 5.92 Å². The van der Waals surface area contributed by atoms with Crippen molar-refractivity contribution in [1.82, 2.24) is 9.78 Å². The van der Waals surface area contributed by atoms with E-state index in [-0.39, 0.29) is 17.7 Å². The number of furan rings is 1. The molecule has 1 N–H and O–H groups in total. The second kappa shape index (κ2) is 5.76. The Kier molecular flexibility index (Phi) is 3.46. The molecule has 0 saturated heterocycles. The second-order valence-corrected chi connectivity index (χ2v) is 5.86. The van der Waals surface area contributed by atoms with Crippen molar-refractivity contribution in [3.8, 4) is 0 Å². The van der Waals surface area contributed by atoms with Crippen LogP contribution in [-0.2, 0) is 11.3 Å². The van der Waals surface area contributed by atoms with Crippen LogP contribution < -0.4 is 5.32 Å². The first-order valence-electron chi connectivity index (χ1n) is 7.70. The molecule has 2 unspecified atom stereocenters. The minimum absolute atomic E-state index is 0.0101. The lowest BCUT2D eigenvalue weighted by molar-refractivity contribution is -0.117. The molecule has 0 radical (unpaired) electrons. The van der Waals surface area contributed by atoms with Gasteiger partial charge in [0.05, 0.1) is 12.8 Å². The number of anilines is 1. The molecule has 0 spiro atoms. The normalized spacial score (nSPS) is 19.5. The molecular weight excluding hydrogens is 290 g/mol. The zero-order valence-corrected chi connectivity index (χ0v) is 12.6.